The molecule has 2 aromatic rings. The summed E-state index contributed by atoms with van der Waals surface area (Å²) in [5.74, 6) is -0.166. The Morgan fingerprint density at radius 1 is 1.07 bits per heavy atom. The van der Waals surface area contributed by atoms with Crippen LogP contribution in [0.5, 0.6) is 0 Å². The van der Waals surface area contributed by atoms with Crippen molar-refractivity contribution < 1.29 is 9.59 Å². The molecule has 0 spiro atoms. The SMILES string of the molecule is Cc1ccc(N2C(=O)CC(N3CCN(Cc4ccc(Br)s4)CC3)C2=O)c(C)c1. The molecule has 0 aliphatic carbocycles. The normalized spacial score (nSPS) is 21.7. The van der Waals surface area contributed by atoms with Crippen LogP contribution in [0.15, 0.2) is 34.1 Å². The molecule has 2 amide bonds. The first-order valence-corrected chi connectivity index (χ1v) is 11.2. The summed E-state index contributed by atoms with van der Waals surface area (Å²) in [7, 11) is 0. The van der Waals surface area contributed by atoms with Crippen LogP contribution in [-0.4, -0.2) is 53.8 Å². The molecule has 1 atom stereocenters. The summed E-state index contributed by atoms with van der Waals surface area (Å²) in [5.41, 5.74) is 2.82. The average Bonchev–Trinajstić information content (AvgIpc) is 3.19. The Balaban J connectivity index is 1.40. The van der Waals surface area contributed by atoms with Crippen molar-refractivity contribution in [3.63, 3.8) is 0 Å². The molecule has 5 nitrogen and oxygen atoms in total. The molecule has 3 heterocycles. The van der Waals surface area contributed by atoms with E-state index < -0.39 is 0 Å². The number of aryl methyl sites for hydroxylation is 2. The number of piperazine rings is 1. The molecule has 0 N–H and O–H groups in total. The maximum atomic E-state index is 13.1. The minimum Gasteiger partial charge on any atom is -0.296 e. The lowest BCUT2D eigenvalue weighted by molar-refractivity contribution is -0.123. The van der Waals surface area contributed by atoms with Crippen molar-refractivity contribution in [3.8, 4) is 0 Å². The van der Waals surface area contributed by atoms with Gasteiger partial charge in [0.15, 0.2) is 0 Å². The number of carbonyl (C=O) groups is 2. The van der Waals surface area contributed by atoms with Crippen LogP contribution in [0.2, 0.25) is 0 Å². The monoisotopic (exact) mass is 461 g/mol. The zero-order valence-electron chi connectivity index (χ0n) is 16.2. The lowest BCUT2D eigenvalue weighted by Gasteiger charge is -2.36. The van der Waals surface area contributed by atoms with E-state index in [2.05, 4.69) is 37.9 Å². The van der Waals surface area contributed by atoms with Crippen LogP contribution >= 0.6 is 27.3 Å². The van der Waals surface area contributed by atoms with Gasteiger partial charge in [-0.3, -0.25) is 19.4 Å². The predicted octanol–water partition coefficient (Wildman–Crippen LogP) is 3.58. The van der Waals surface area contributed by atoms with Crippen molar-refractivity contribution in [2.45, 2.75) is 32.9 Å². The van der Waals surface area contributed by atoms with Crippen LogP contribution in [0.3, 0.4) is 0 Å². The third-order valence-electron chi connectivity index (χ3n) is 5.57. The standard InChI is InChI=1S/C21H24BrN3O2S/c1-14-3-5-17(15(2)11-14)25-20(26)12-18(21(25)27)24-9-7-23(8-10-24)13-16-4-6-19(22)28-16/h3-6,11,18H,7-10,12-13H2,1-2H3. The van der Waals surface area contributed by atoms with E-state index in [-0.39, 0.29) is 24.3 Å². The van der Waals surface area contributed by atoms with Crippen LogP contribution in [0.25, 0.3) is 0 Å². The highest BCUT2D eigenvalue weighted by atomic mass is 79.9. The van der Waals surface area contributed by atoms with E-state index >= 15 is 0 Å². The number of halogens is 1. The molecule has 0 bridgehead atoms. The predicted molar refractivity (Wildman–Crippen MR) is 116 cm³/mol. The van der Waals surface area contributed by atoms with Crippen molar-refractivity contribution >= 4 is 44.8 Å². The zero-order valence-corrected chi connectivity index (χ0v) is 18.6. The third-order valence-corrected chi connectivity index (χ3v) is 7.18. The summed E-state index contributed by atoms with van der Waals surface area (Å²) in [4.78, 5) is 33.1. The Morgan fingerprint density at radius 2 is 1.82 bits per heavy atom. The number of benzene rings is 1. The number of thiophene rings is 1. The zero-order chi connectivity index (χ0) is 19.8. The Kier molecular flexibility index (Phi) is 5.69. The van der Waals surface area contributed by atoms with Crippen LogP contribution < -0.4 is 4.90 Å². The summed E-state index contributed by atoms with van der Waals surface area (Å²) >= 11 is 5.28. The second-order valence-corrected chi connectivity index (χ2v) is 10.1. The number of nitrogens with zero attached hydrogens (tertiary/aromatic N) is 3. The largest absolute Gasteiger partial charge is 0.296 e. The lowest BCUT2D eigenvalue weighted by Crippen LogP contribution is -2.52. The molecule has 2 aliphatic rings. The van der Waals surface area contributed by atoms with Gasteiger partial charge in [-0.2, -0.15) is 0 Å². The fraction of sp³-hybridized carbons (Fsp3) is 0.429. The molecule has 148 valence electrons. The molecule has 1 unspecified atom stereocenters. The fourth-order valence-electron chi connectivity index (χ4n) is 4.10. The van der Waals surface area contributed by atoms with Crippen LogP contribution in [-0.2, 0) is 16.1 Å². The molecular formula is C21H24BrN3O2S. The van der Waals surface area contributed by atoms with E-state index in [0.717, 1.165) is 53.3 Å². The van der Waals surface area contributed by atoms with Crippen molar-refractivity contribution in [2.24, 2.45) is 0 Å². The summed E-state index contributed by atoms with van der Waals surface area (Å²) in [6.45, 7) is 8.37. The fourth-order valence-corrected chi connectivity index (χ4v) is 5.63. The second kappa shape index (κ2) is 8.06. The average molecular weight is 462 g/mol. The van der Waals surface area contributed by atoms with E-state index in [1.165, 1.54) is 9.78 Å². The van der Waals surface area contributed by atoms with Gasteiger partial charge in [0.2, 0.25) is 5.91 Å². The summed E-state index contributed by atoms with van der Waals surface area (Å²) < 4.78 is 1.16. The summed E-state index contributed by atoms with van der Waals surface area (Å²) in [6, 6.07) is 9.78. The molecule has 2 saturated heterocycles. The summed E-state index contributed by atoms with van der Waals surface area (Å²) in [6.07, 6.45) is 0.282. The number of hydrogen-bond acceptors (Lipinski definition) is 5. The third kappa shape index (κ3) is 3.94. The van der Waals surface area contributed by atoms with Crippen molar-refractivity contribution in [3.05, 3.63) is 50.1 Å². The molecule has 1 aromatic carbocycles. The van der Waals surface area contributed by atoms with Gasteiger partial charge in [-0.1, -0.05) is 17.7 Å². The molecule has 28 heavy (non-hydrogen) atoms. The first-order valence-electron chi connectivity index (χ1n) is 9.57. The van der Waals surface area contributed by atoms with Gasteiger partial charge in [0.25, 0.3) is 5.91 Å². The Bertz CT molecular complexity index is 905. The number of carbonyl (C=O) groups excluding carboxylic acids is 2. The summed E-state index contributed by atoms with van der Waals surface area (Å²) in [5, 5.41) is 0. The van der Waals surface area contributed by atoms with Gasteiger partial charge in [-0.25, -0.2) is 4.90 Å². The van der Waals surface area contributed by atoms with Gasteiger partial charge < -0.3 is 0 Å². The van der Waals surface area contributed by atoms with Gasteiger partial charge in [0.05, 0.1) is 21.9 Å². The minimum absolute atomic E-state index is 0.0763. The highest BCUT2D eigenvalue weighted by Crippen LogP contribution is 2.30. The van der Waals surface area contributed by atoms with Gasteiger partial charge in [-0.05, 0) is 53.5 Å². The quantitative estimate of drug-likeness (QED) is 0.652. The van der Waals surface area contributed by atoms with Crippen molar-refractivity contribution in [2.75, 3.05) is 31.1 Å². The van der Waals surface area contributed by atoms with Crippen LogP contribution in [0.4, 0.5) is 5.69 Å². The number of imide groups is 1. The molecule has 0 saturated carbocycles. The number of anilines is 1. The number of amides is 2. The first kappa shape index (κ1) is 19.8. The second-order valence-electron chi connectivity index (χ2n) is 7.60. The molecule has 7 heteroatoms. The molecule has 4 rings (SSSR count). The molecule has 1 aromatic heterocycles. The topological polar surface area (TPSA) is 43.9 Å². The van der Waals surface area contributed by atoms with Crippen molar-refractivity contribution in [1.82, 2.24) is 9.80 Å². The molecule has 2 fully saturated rings. The van der Waals surface area contributed by atoms with E-state index in [9.17, 15) is 9.59 Å². The highest BCUT2D eigenvalue weighted by Gasteiger charge is 2.43. The van der Waals surface area contributed by atoms with Crippen LogP contribution in [0, 0.1) is 13.8 Å². The van der Waals surface area contributed by atoms with Gasteiger partial charge >= 0.3 is 0 Å². The molecule has 0 radical (unpaired) electrons. The van der Waals surface area contributed by atoms with Crippen LogP contribution in [0.1, 0.15) is 22.4 Å². The van der Waals surface area contributed by atoms with Gasteiger partial charge in [0.1, 0.15) is 0 Å². The Hall–Kier alpha value is -1.54. The van der Waals surface area contributed by atoms with Gasteiger partial charge in [-0.15, -0.1) is 11.3 Å². The lowest BCUT2D eigenvalue weighted by atomic mass is 10.1. The smallest absolute Gasteiger partial charge is 0.251 e. The maximum Gasteiger partial charge on any atom is 0.251 e. The van der Waals surface area contributed by atoms with E-state index in [1.54, 1.807) is 11.3 Å². The van der Waals surface area contributed by atoms with Gasteiger partial charge in [0, 0.05) is 37.6 Å². The number of hydrogen-bond donors (Lipinski definition) is 0. The van der Waals surface area contributed by atoms with E-state index in [0.29, 0.717) is 0 Å². The highest BCUT2D eigenvalue weighted by molar-refractivity contribution is 9.11. The van der Waals surface area contributed by atoms with Crippen molar-refractivity contribution in [1.29, 1.82) is 0 Å². The minimum atomic E-state index is -0.328. The van der Waals surface area contributed by atoms with E-state index in [1.807, 2.05) is 32.0 Å². The molecular weight excluding hydrogens is 438 g/mol. The number of rotatable bonds is 4. The van der Waals surface area contributed by atoms with E-state index in [4.69, 9.17) is 0 Å². The Morgan fingerprint density at radius 3 is 2.46 bits per heavy atom. The maximum absolute atomic E-state index is 13.1. The first-order chi connectivity index (χ1) is 13.4. The Labute approximate surface area is 178 Å². The molecule has 2 aliphatic heterocycles.